The standard InChI is InChI=1S/C22H30N6O/c29-22(24-13-8-17-5-2-1-3-6-17)25-19-7-4-14-28(16-19)21-15-20(26-27-21)18-9-11-23-12-10-18/h1-3,5-6,9-12,19-21,26-27H,4,7-8,13-16H2,(H2,24,25,29). The molecule has 2 amide bonds. The molecule has 4 N–H and O–H groups in total. The van der Waals surface area contributed by atoms with Crippen molar-refractivity contribution in [2.75, 3.05) is 19.6 Å². The van der Waals surface area contributed by atoms with Crippen LogP contribution < -0.4 is 21.5 Å². The summed E-state index contributed by atoms with van der Waals surface area (Å²) in [7, 11) is 0. The Morgan fingerprint density at radius 2 is 1.97 bits per heavy atom. The van der Waals surface area contributed by atoms with Crippen molar-refractivity contribution >= 4 is 6.03 Å². The zero-order valence-electron chi connectivity index (χ0n) is 16.7. The number of carbonyl (C=O) groups excluding carboxylic acids is 1. The Morgan fingerprint density at radius 1 is 1.14 bits per heavy atom. The van der Waals surface area contributed by atoms with Crippen LogP contribution >= 0.6 is 0 Å². The van der Waals surface area contributed by atoms with Crippen molar-refractivity contribution in [2.45, 2.75) is 43.9 Å². The van der Waals surface area contributed by atoms with Gasteiger partial charge in [-0.15, -0.1) is 0 Å². The Bertz CT molecular complexity index is 771. The van der Waals surface area contributed by atoms with Gasteiger partial charge in [0.05, 0.1) is 6.17 Å². The minimum Gasteiger partial charge on any atom is -0.338 e. The van der Waals surface area contributed by atoms with E-state index in [9.17, 15) is 4.79 Å². The lowest BCUT2D eigenvalue weighted by Crippen LogP contribution is -2.55. The van der Waals surface area contributed by atoms with E-state index in [1.807, 2.05) is 30.6 Å². The first-order chi connectivity index (χ1) is 14.3. The van der Waals surface area contributed by atoms with E-state index < -0.39 is 0 Å². The Hall–Kier alpha value is -2.48. The molecule has 2 aliphatic rings. The monoisotopic (exact) mass is 394 g/mol. The van der Waals surface area contributed by atoms with Crippen LogP contribution in [0, 0.1) is 0 Å². The summed E-state index contributed by atoms with van der Waals surface area (Å²) in [4.78, 5) is 18.8. The van der Waals surface area contributed by atoms with Crippen molar-refractivity contribution < 1.29 is 4.79 Å². The number of nitrogens with zero attached hydrogens (tertiary/aromatic N) is 2. The van der Waals surface area contributed by atoms with Crippen LogP contribution in [0.2, 0.25) is 0 Å². The number of pyridine rings is 1. The maximum absolute atomic E-state index is 12.3. The Kier molecular flexibility index (Phi) is 6.71. The summed E-state index contributed by atoms with van der Waals surface area (Å²) in [6.07, 6.45) is 7.91. The molecule has 4 rings (SSSR count). The van der Waals surface area contributed by atoms with Crippen molar-refractivity contribution in [1.82, 2.24) is 31.4 Å². The van der Waals surface area contributed by atoms with Gasteiger partial charge in [0.2, 0.25) is 0 Å². The highest BCUT2D eigenvalue weighted by molar-refractivity contribution is 5.74. The fourth-order valence-electron chi connectivity index (χ4n) is 4.20. The number of carbonyl (C=O) groups is 1. The van der Waals surface area contributed by atoms with Crippen LogP contribution in [-0.4, -0.2) is 47.8 Å². The number of likely N-dealkylation sites (tertiary alicyclic amines) is 1. The van der Waals surface area contributed by atoms with Gasteiger partial charge < -0.3 is 10.6 Å². The number of hydrazine groups is 1. The normalized spacial score (nSPS) is 24.9. The number of benzene rings is 1. The maximum Gasteiger partial charge on any atom is 0.315 e. The molecule has 0 bridgehead atoms. The van der Waals surface area contributed by atoms with Gasteiger partial charge >= 0.3 is 6.03 Å². The van der Waals surface area contributed by atoms with Crippen LogP contribution in [-0.2, 0) is 6.42 Å². The third-order valence-corrected chi connectivity index (χ3v) is 5.76. The minimum atomic E-state index is -0.0695. The summed E-state index contributed by atoms with van der Waals surface area (Å²) in [5, 5.41) is 6.14. The van der Waals surface area contributed by atoms with Crippen LogP contribution in [0.5, 0.6) is 0 Å². The fourth-order valence-corrected chi connectivity index (χ4v) is 4.20. The summed E-state index contributed by atoms with van der Waals surface area (Å²) in [5.74, 6) is 0. The van der Waals surface area contributed by atoms with Crippen LogP contribution in [0.3, 0.4) is 0 Å². The molecule has 3 atom stereocenters. The average Bonchev–Trinajstić information content (AvgIpc) is 3.26. The van der Waals surface area contributed by atoms with Gasteiger partial charge in [-0.3, -0.25) is 9.88 Å². The molecule has 1 aromatic heterocycles. The fraction of sp³-hybridized carbons (Fsp3) is 0.455. The summed E-state index contributed by atoms with van der Waals surface area (Å²) in [6.45, 7) is 2.57. The van der Waals surface area contributed by atoms with Gasteiger partial charge in [0.1, 0.15) is 0 Å². The Labute approximate surface area is 172 Å². The van der Waals surface area contributed by atoms with E-state index in [-0.39, 0.29) is 24.3 Å². The molecule has 3 unspecified atom stereocenters. The highest BCUT2D eigenvalue weighted by Gasteiger charge is 2.32. The second kappa shape index (κ2) is 9.82. The number of hydrogen-bond donors (Lipinski definition) is 4. The Morgan fingerprint density at radius 3 is 2.79 bits per heavy atom. The van der Waals surface area contributed by atoms with E-state index in [2.05, 4.69) is 55.6 Å². The Balaban J connectivity index is 1.21. The lowest BCUT2D eigenvalue weighted by molar-refractivity contribution is 0.124. The van der Waals surface area contributed by atoms with E-state index in [4.69, 9.17) is 0 Å². The average molecular weight is 395 g/mol. The molecule has 2 saturated heterocycles. The molecule has 154 valence electrons. The summed E-state index contributed by atoms with van der Waals surface area (Å²) >= 11 is 0. The molecule has 29 heavy (non-hydrogen) atoms. The van der Waals surface area contributed by atoms with E-state index in [0.717, 1.165) is 38.8 Å². The first-order valence-corrected chi connectivity index (χ1v) is 10.5. The van der Waals surface area contributed by atoms with E-state index in [0.29, 0.717) is 6.54 Å². The summed E-state index contributed by atoms with van der Waals surface area (Å²) in [5.41, 5.74) is 9.31. The van der Waals surface area contributed by atoms with Gasteiger partial charge in [0.15, 0.2) is 0 Å². The zero-order valence-corrected chi connectivity index (χ0v) is 16.7. The van der Waals surface area contributed by atoms with Gasteiger partial charge in [0.25, 0.3) is 0 Å². The molecule has 1 aromatic carbocycles. The van der Waals surface area contributed by atoms with E-state index in [1.165, 1.54) is 11.1 Å². The van der Waals surface area contributed by atoms with Crippen molar-refractivity contribution in [3.05, 3.63) is 66.0 Å². The van der Waals surface area contributed by atoms with Gasteiger partial charge in [-0.1, -0.05) is 30.3 Å². The van der Waals surface area contributed by atoms with Crippen molar-refractivity contribution in [1.29, 1.82) is 0 Å². The molecular weight excluding hydrogens is 364 g/mol. The molecule has 0 spiro atoms. The van der Waals surface area contributed by atoms with E-state index >= 15 is 0 Å². The van der Waals surface area contributed by atoms with Crippen molar-refractivity contribution in [3.8, 4) is 0 Å². The number of nitrogens with one attached hydrogen (secondary N) is 4. The molecular formula is C22H30N6O. The first kappa shape index (κ1) is 19.8. The second-order valence-corrected chi connectivity index (χ2v) is 7.84. The smallest absolute Gasteiger partial charge is 0.315 e. The highest BCUT2D eigenvalue weighted by Crippen LogP contribution is 2.25. The topological polar surface area (TPSA) is 81.3 Å². The van der Waals surface area contributed by atoms with Crippen molar-refractivity contribution in [3.63, 3.8) is 0 Å². The SMILES string of the molecule is O=C(NCCc1ccccc1)NC1CCCN(C2CC(c3ccncc3)NN2)C1. The molecule has 0 aliphatic carbocycles. The number of urea groups is 1. The summed E-state index contributed by atoms with van der Waals surface area (Å²) < 4.78 is 0. The number of amides is 2. The molecule has 3 heterocycles. The quantitative estimate of drug-likeness (QED) is 0.602. The lowest BCUT2D eigenvalue weighted by atomic mass is 10.0. The number of piperidine rings is 1. The van der Waals surface area contributed by atoms with Crippen molar-refractivity contribution in [2.24, 2.45) is 0 Å². The molecule has 2 fully saturated rings. The van der Waals surface area contributed by atoms with Gasteiger partial charge in [0, 0.05) is 37.6 Å². The predicted molar refractivity (Wildman–Crippen MR) is 113 cm³/mol. The van der Waals surface area contributed by atoms with Crippen LogP contribution in [0.25, 0.3) is 0 Å². The largest absolute Gasteiger partial charge is 0.338 e. The van der Waals surface area contributed by atoms with Crippen LogP contribution in [0.15, 0.2) is 54.9 Å². The molecule has 0 saturated carbocycles. The van der Waals surface area contributed by atoms with Gasteiger partial charge in [-0.05, 0) is 55.5 Å². The molecule has 2 aromatic rings. The van der Waals surface area contributed by atoms with E-state index in [1.54, 1.807) is 0 Å². The number of aromatic nitrogens is 1. The van der Waals surface area contributed by atoms with Crippen LogP contribution in [0.1, 0.15) is 36.4 Å². The number of hydrogen-bond acceptors (Lipinski definition) is 5. The first-order valence-electron chi connectivity index (χ1n) is 10.5. The third-order valence-electron chi connectivity index (χ3n) is 5.76. The molecule has 0 radical (unpaired) electrons. The number of rotatable bonds is 6. The van der Waals surface area contributed by atoms with Crippen LogP contribution in [0.4, 0.5) is 4.79 Å². The molecule has 7 nitrogen and oxygen atoms in total. The van der Waals surface area contributed by atoms with Gasteiger partial charge in [-0.25, -0.2) is 15.6 Å². The summed E-state index contributed by atoms with van der Waals surface area (Å²) in [6, 6.07) is 14.7. The third kappa shape index (κ3) is 5.53. The predicted octanol–water partition coefficient (Wildman–Crippen LogP) is 1.95. The second-order valence-electron chi connectivity index (χ2n) is 7.84. The highest BCUT2D eigenvalue weighted by atomic mass is 16.2. The lowest BCUT2D eigenvalue weighted by Gasteiger charge is -2.36. The van der Waals surface area contributed by atoms with Gasteiger partial charge in [-0.2, -0.15) is 0 Å². The maximum atomic E-state index is 12.3. The minimum absolute atomic E-state index is 0.0695. The molecule has 2 aliphatic heterocycles. The molecule has 7 heteroatoms. The zero-order chi connectivity index (χ0) is 19.9.